The molecule has 1 aliphatic rings. The van der Waals surface area contributed by atoms with Gasteiger partial charge < -0.3 is 0 Å². The van der Waals surface area contributed by atoms with Crippen LogP contribution in [0, 0.1) is 0 Å². The molecule has 0 N–H and O–H groups in total. The standard InChI is InChI=1S/C25H22BBr/c1-16(2)21-14-20(27)15-22(17(3)4)25(21)26-23-11-7-5-9-18(23)13-19-10-6-8-12-24(19)26/h5-12,14-15H,1,3,13H2,2,4H3. The first kappa shape index (κ1) is 18.1. The van der Waals surface area contributed by atoms with Gasteiger partial charge in [-0.25, -0.2) is 0 Å². The summed E-state index contributed by atoms with van der Waals surface area (Å²) in [6, 6.07) is 22.1. The third-order valence-electron chi connectivity index (χ3n) is 5.47. The molecule has 2 heteroatoms. The van der Waals surface area contributed by atoms with Crippen molar-refractivity contribution in [1.82, 2.24) is 0 Å². The molecule has 0 unspecified atom stereocenters. The van der Waals surface area contributed by atoms with E-state index in [1.807, 2.05) is 0 Å². The van der Waals surface area contributed by atoms with Crippen molar-refractivity contribution in [3.8, 4) is 0 Å². The number of halogens is 1. The van der Waals surface area contributed by atoms with Crippen molar-refractivity contribution in [3.05, 3.63) is 101 Å². The van der Waals surface area contributed by atoms with Gasteiger partial charge in [0.15, 0.2) is 0 Å². The number of hydrogen-bond donors (Lipinski definition) is 0. The Morgan fingerprint density at radius 1 is 0.815 bits per heavy atom. The first-order valence-electron chi connectivity index (χ1n) is 9.28. The minimum atomic E-state index is 0.192. The summed E-state index contributed by atoms with van der Waals surface area (Å²) in [7, 11) is 0. The Balaban J connectivity index is 2.11. The van der Waals surface area contributed by atoms with Gasteiger partial charge in [-0.3, -0.25) is 0 Å². The molecular formula is C25H22BBr. The van der Waals surface area contributed by atoms with Gasteiger partial charge in [0.2, 0.25) is 6.71 Å². The largest absolute Gasteiger partial charge is 0.243 e. The average molecular weight is 413 g/mol. The minimum Gasteiger partial charge on any atom is -0.0955 e. The predicted octanol–water partition coefficient (Wildman–Crippen LogP) is 4.94. The van der Waals surface area contributed by atoms with Gasteiger partial charge in [0.05, 0.1) is 0 Å². The molecule has 3 aromatic carbocycles. The van der Waals surface area contributed by atoms with Crippen molar-refractivity contribution in [2.24, 2.45) is 0 Å². The minimum absolute atomic E-state index is 0.192. The molecule has 0 spiro atoms. The van der Waals surface area contributed by atoms with Gasteiger partial charge in [-0.15, -0.1) is 0 Å². The van der Waals surface area contributed by atoms with Crippen molar-refractivity contribution < 1.29 is 0 Å². The Morgan fingerprint density at radius 3 is 1.70 bits per heavy atom. The topological polar surface area (TPSA) is 0 Å². The fourth-order valence-electron chi connectivity index (χ4n) is 4.27. The Morgan fingerprint density at radius 2 is 1.26 bits per heavy atom. The van der Waals surface area contributed by atoms with E-state index in [4.69, 9.17) is 0 Å². The fraction of sp³-hybridized carbons (Fsp3) is 0.120. The molecule has 0 radical (unpaired) electrons. The number of benzene rings is 3. The van der Waals surface area contributed by atoms with Crippen LogP contribution in [0.4, 0.5) is 0 Å². The molecule has 0 fully saturated rings. The van der Waals surface area contributed by atoms with E-state index in [2.05, 4.69) is 104 Å². The maximum atomic E-state index is 4.28. The first-order valence-corrected chi connectivity index (χ1v) is 10.1. The third kappa shape index (κ3) is 3.13. The number of hydrogen-bond acceptors (Lipinski definition) is 0. The molecule has 0 atom stereocenters. The second kappa shape index (κ2) is 7.01. The Kier molecular flexibility index (Phi) is 4.69. The van der Waals surface area contributed by atoms with Gasteiger partial charge >= 0.3 is 0 Å². The molecule has 0 bridgehead atoms. The Labute approximate surface area is 170 Å². The van der Waals surface area contributed by atoms with Gasteiger partial charge in [-0.1, -0.05) is 105 Å². The van der Waals surface area contributed by atoms with E-state index in [9.17, 15) is 0 Å². The van der Waals surface area contributed by atoms with E-state index >= 15 is 0 Å². The average Bonchev–Trinajstić information content (AvgIpc) is 2.65. The monoisotopic (exact) mass is 412 g/mol. The summed E-state index contributed by atoms with van der Waals surface area (Å²) in [5.41, 5.74) is 11.5. The van der Waals surface area contributed by atoms with Crippen LogP contribution in [0.1, 0.15) is 36.1 Å². The molecular weight excluding hydrogens is 391 g/mol. The van der Waals surface area contributed by atoms with Crippen LogP contribution < -0.4 is 16.4 Å². The van der Waals surface area contributed by atoms with Crippen LogP contribution in [0.15, 0.2) is 78.3 Å². The number of fused-ring (bicyclic) bond motifs is 2. The highest BCUT2D eigenvalue weighted by Gasteiger charge is 2.33. The normalized spacial score (nSPS) is 12.3. The van der Waals surface area contributed by atoms with Crippen molar-refractivity contribution in [2.75, 3.05) is 0 Å². The van der Waals surface area contributed by atoms with Gasteiger partial charge in [0, 0.05) is 4.47 Å². The lowest BCUT2D eigenvalue weighted by Gasteiger charge is -2.30. The number of rotatable bonds is 3. The molecule has 0 aliphatic carbocycles. The maximum Gasteiger partial charge on any atom is 0.243 e. The second-order valence-electron chi connectivity index (χ2n) is 7.48. The fourth-order valence-corrected chi connectivity index (χ4v) is 4.73. The van der Waals surface area contributed by atoms with Gasteiger partial charge in [0.1, 0.15) is 0 Å². The lowest BCUT2D eigenvalue weighted by molar-refractivity contribution is 1.21. The Bertz CT molecular complexity index is 997. The van der Waals surface area contributed by atoms with E-state index in [-0.39, 0.29) is 6.71 Å². The lowest BCUT2D eigenvalue weighted by Crippen LogP contribution is -2.58. The smallest absolute Gasteiger partial charge is 0.0955 e. The summed E-state index contributed by atoms with van der Waals surface area (Å²) in [4.78, 5) is 0. The maximum absolute atomic E-state index is 4.28. The summed E-state index contributed by atoms with van der Waals surface area (Å²) in [6.45, 7) is 12.9. The van der Waals surface area contributed by atoms with E-state index in [0.29, 0.717) is 0 Å². The molecule has 1 heterocycles. The highest BCUT2D eigenvalue weighted by Crippen LogP contribution is 2.25. The lowest BCUT2D eigenvalue weighted by atomic mass is 9.32. The summed E-state index contributed by atoms with van der Waals surface area (Å²) < 4.78 is 1.07. The molecule has 27 heavy (non-hydrogen) atoms. The van der Waals surface area contributed by atoms with Crippen LogP contribution in [0.25, 0.3) is 11.1 Å². The third-order valence-corrected chi connectivity index (χ3v) is 5.92. The summed E-state index contributed by atoms with van der Waals surface area (Å²) in [5, 5.41) is 0. The predicted molar refractivity (Wildman–Crippen MR) is 124 cm³/mol. The molecule has 3 aromatic rings. The molecule has 0 nitrogen and oxygen atoms in total. The van der Waals surface area contributed by atoms with Gasteiger partial charge in [-0.2, -0.15) is 0 Å². The molecule has 0 saturated carbocycles. The summed E-state index contributed by atoms with van der Waals surface area (Å²) >= 11 is 3.69. The van der Waals surface area contributed by atoms with Crippen molar-refractivity contribution in [3.63, 3.8) is 0 Å². The van der Waals surface area contributed by atoms with E-state index in [0.717, 1.165) is 22.0 Å². The second-order valence-corrected chi connectivity index (χ2v) is 8.40. The molecule has 4 rings (SSSR count). The first-order chi connectivity index (χ1) is 13.0. The van der Waals surface area contributed by atoms with Crippen LogP contribution >= 0.6 is 15.9 Å². The van der Waals surface area contributed by atoms with Crippen molar-refractivity contribution >= 4 is 50.2 Å². The molecule has 132 valence electrons. The van der Waals surface area contributed by atoms with Crippen LogP contribution in [-0.2, 0) is 6.42 Å². The summed E-state index contributed by atoms with van der Waals surface area (Å²) in [5.74, 6) is 0. The SMILES string of the molecule is C=C(C)c1cc(Br)cc(C(=C)C)c1B1c2ccccc2Cc2ccccc21. The van der Waals surface area contributed by atoms with Gasteiger partial charge in [-0.05, 0) is 54.7 Å². The van der Waals surface area contributed by atoms with E-state index < -0.39 is 0 Å². The molecule has 0 aromatic heterocycles. The van der Waals surface area contributed by atoms with Gasteiger partial charge in [0.25, 0.3) is 0 Å². The zero-order valence-electron chi connectivity index (χ0n) is 15.9. The molecule has 0 amide bonds. The number of allylic oxidation sites excluding steroid dienone is 2. The molecule has 1 aliphatic heterocycles. The van der Waals surface area contributed by atoms with Crippen LogP contribution in [0.5, 0.6) is 0 Å². The van der Waals surface area contributed by atoms with Crippen molar-refractivity contribution in [1.29, 1.82) is 0 Å². The van der Waals surface area contributed by atoms with E-state index in [1.165, 1.54) is 38.6 Å². The van der Waals surface area contributed by atoms with Crippen LogP contribution in [0.3, 0.4) is 0 Å². The van der Waals surface area contributed by atoms with Crippen LogP contribution in [-0.4, -0.2) is 6.71 Å². The molecule has 0 saturated heterocycles. The highest BCUT2D eigenvalue weighted by molar-refractivity contribution is 9.10. The highest BCUT2D eigenvalue weighted by atomic mass is 79.9. The quantitative estimate of drug-likeness (QED) is 0.418. The Hall–Kier alpha value is -2.32. The zero-order valence-corrected chi connectivity index (χ0v) is 17.4. The zero-order chi connectivity index (χ0) is 19.1. The van der Waals surface area contributed by atoms with Crippen LogP contribution in [0.2, 0.25) is 0 Å². The van der Waals surface area contributed by atoms with Crippen molar-refractivity contribution in [2.45, 2.75) is 20.3 Å². The van der Waals surface area contributed by atoms with E-state index in [1.54, 1.807) is 0 Å². The summed E-state index contributed by atoms with van der Waals surface area (Å²) in [6.07, 6.45) is 0.990.